The lowest BCUT2D eigenvalue weighted by Crippen LogP contribution is -2.36. The number of benzene rings is 8. The number of hydrogen-bond donors (Lipinski definition) is 0. The van der Waals surface area contributed by atoms with Gasteiger partial charge in [-0.25, -0.2) is 4.98 Å². The van der Waals surface area contributed by atoms with Gasteiger partial charge in [-0.05, 0) is 86.5 Å². The highest BCUT2D eigenvalue weighted by atomic mass is 16.3. The molecule has 0 bridgehead atoms. The Labute approximate surface area is 330 Å². The molecule has 2 aromatic heterocycles. The Kier molecular flexibility index (Phi) is 6.84. The number of aromatic nitrogens is 1. The Hall–Kier alpha value is -7.49. The first kappa shape index (κ1) is 31.8. The highest BCUT2D eigenvalue weighted by molar-refractivity contribution is 6.10. The van der Waals surface area contributed by atoms with Crippen LogP contribution in [0.1, 0.15) is 22.3 Å². The van der Waals surface area contributed by atoms with E-state index in [2.05, 4.69) is 205 Å². The zero-order valence-corrected chi connectivity index (χ0v) is 30.9. The van der Waals surface area contributed by atoms with Crippen molar-refractivity contribution in [1.82, 2.24) is 4.98 Å². The molecule has 0 unspecified atom stereocenters. The molecule has 3 nitrogen and oxygen atoms in total. The molecule has 3 heteroatoms. The van der Waals surface area contributed by atoms with E-state index in [0.29, 0.717) is 0 Å². The predicted octanol–water partition coefficient (Wildman–Crippen LogP) is 14.1. The minimum Gasteiger partial charge on any atom is -0.455 e. The first-order valence-electron chi connectivity index (χ1n) is 19.5. The fourth-order valence-electron chi connectivity index (χ4n) is 9.68. The third-order valence-corrected chi connectivity index (χ3v) is 12.1. The number of furan rings is 1. The van der Waals surface area contributed by atoms with E-state index in [1.54, 1.807) is 0 Å². The van der Waals surface area contributed by atoms with Gasteiger partial charge in [0, 0.05) is 21.9 Å². The van der Waals surface area contributed by atoms with Crippen molar-refractivity contribution in [3.05, 3.63) is 229 Å². The first-order chi connectivity index (χ1) is 28.3. The highest BCUT2D eigenvalue weighted by Crippen LogP contribution is 2.63. The van der Waals surface area contributed by atoms with Crippen molar-refractivity contribution in [1.29, 1.82) is 0 Å². The van der Waals surface area contributed by atoms with Crippen LogP contribution < -0.4 is 4.90 Å². The van der Waals surface area contributed by atoms with Gasteiger partial charge in [0.05, 0.1) is 22.5 Å². The summed E-state index contributed by atoms with van der Waals surface area (Å²) in [7, 11) is 0. The van der Waals surface area contributed by atoms with Gasteiger partial charge in [-0.3, -0.25) is 4.90 Å². The van der Waals surface area contributed by atoms with E-state index in [-0.39, 0.29) is 0 Å². The van der Waals surface area contributed by atoms with Crippen LogP contribution in [0.4, 0.5) is 17.2 Å². The summed E-state index contributed by atoms with van der Waals surface area (Å²) < 4.78 is 6.60. The Morgan fingerprint density at radius 1 is 0.386 bits per heavy atom. The molecule has 0 atom stereocenters. The molecule has 8 aromatic carbocycles. The number of para-hydroxylation sites is 4. The summed E-state index contributed by atoms with van der Waals surface area (Å²) in [5, 5.41) is 2.26. The molecule has 0 saturated heterocycles. The molecule has 57 heavy (non-hydrogen) atoms. The molecule has 0 radical (unpaired) electrons. The van der Waals surface area contributed by atoms with Crippen molar-refractivity contribution < 1.29 is 4.42 Å². The van der Waals surface area contributed by atoms with Crippen LogP contribution in [0.25, 0.3) is 66.6 Å². The van der Waals surface area contributed by atoms with Crippen LogP contribution in [0.3, 0.4) is 0 Å². The number of nitrogens with zero attached hydrogens (tertiary/aromatic N) is 2. The second-order valence-electron chi connectivity index (χ2n) is 15.0. The number of pyridine rings is 1. The van der Waals surface area contributed by atoms with Crippen LogP contribution in [0, 0.1) is 0 Å². The SMILES string of the molecule is c1ccc(-c2cc(-c3ccccc3)nc(N3c4ccccc4C4(c5ccccc5-c5ccc(-c6cccc7c6oc6ccccc67)cc54)c4ccccc43)c2)cc1. The summed E-state index contributed by atoms with van der Waals surface area (Å²) in [5.41, 5.74) is 17.5. The van der Waals surface area contributed by atoms with E-state index in [1.165, 1.54) is 33.4 Å². The second-order valence-corrected chi connectivity index (χ2v) is 15.0. The first-order valence-corrected chi connectivity index (χ1v) is 19.5. The van der Waals surface area contributed by atoms with E-state index in [1.807, 2.05) is 6.07 Å². The van der Waals surface area contributed by atoms with Crippen molar-refractivity contribution in [2.75, 3.05) is 4.90 Å². The number of anilines is 3. The molecule has 10 aromatic rings. The average Bonchev–Trinajstić information content (AvgIpc) is 3.81. The predicted molar refractivity (Wildman–Crippen MR) is 233 cm³/mol. The van der Waals surface area contributed by atoms with Crippen LogP contribution in [-0.4, -0.2) is 4.98 Å². The fraction of sp³-hybridized carbons (Fsp3) is 0.0185. The average molecular weight is 727 g/mol. The minimum atomic E-state index is -0.591. The number of hydrogen-bond acceptors (Lipinski definition) is 3. The largest absolute Gasteiger partial charge is 0.455 e. The normalized spacial score (nSPS) is 13.4. The lowest BCUT2D eigenvalue weighted by atomic mass is 9.64. The molecule has 12 rings (SSSR count). The Balaban J connectivity index is 1.13. The quantitative estimate of drug-likeness (QED) is 0.181. The molecule has 266 valence electrons. The molecule has 0 saturated carbocycles. The van der Waals surface area contributed by atoms with Crippen molar-refractivity contribution in [2.24, 2.45) is 0 Å². The maximum absolute atomic E-state index is 6.60. The van der Waals surface area contributed by atoms with Gasteiger partial charge in [0.15, 0.2) is 0 Å². The second kappa shape index (κ2) is 12.3. The molecule has 3 heterocycles. The lowest BCUT2D eigenvalue weighted by molar-refractivity contribution is 0.670. The molecular weight excluding hydrogens is 693 g/mol. The van der Waals surface area contributed by atoms with Gasteiger partial charge in [-0.1, -0.05) is 170 Å². The summed E-state index contributed by atoms with van der Waals surface area (Å²) >= 11 is 0. The lowest BCUT2D eigenvalue weighted by Gasteiger charge is -2.44. The summed E-state index contributed by atoms with van der Waals surface area (Å²) in [6, 6.07) is 74.3. The standard InChI is InChI=1S/C54H34N2O/c1-3-16-35(17-4-1)38-33-48(36-18-5-2-6-19-36)55-52(34-38)56-49-27-12-10-25-45(49)54(46-26-11-13-28-50(46)56)44-24-9-7-20-40(44)41-31-30-37(32-47(41)54)39-22-15-23-43-42-21-8-14-29-51(42)57-53(39)43/h1-34H. The third kappa shape index (κ3) is 4.57. The van der Waals surface area contributed by atoms with Crippen molar-refractivity contribution in [3.63, 3.8) is 0 Å². The van der Waals surface area contributed by atoms with Crippen LogP contribution in [0.5, 0.6) is 0 Å². The van der Waals surface area contributed by atoms with Gasteiger partial charge in [0.1, 0.15) is 17.0 Å². The van der Waals surface area contributed by atoms with Crippen molar-refractivity contribution in [2.45, 2.75) is 5.41 Å². The maximum Gasteiger partial charge on any atom is 0.143 e. The summed E-state index contributed by atoms with van der Waals surface area (Å²) in [4.78, 5) is 7.85. The molecule has 1 aliphatic carbocycles. The van der Waals surface area contributed by atoms with E-state index in [4.69, 9.17) is 9.40 Å². The number of fused-ring (bicyclic) bond motifs is 12. The van der Waals surface area contributed by atoms with Gasteiger partial charge in [-0.15, -0.1) is 0 Å². The van der Waals surface area contributed by atoms with E-state index in [9.17, 15) is 0 Å². The van der Waals surface area contributed by atoms with Crippen molar-refractivity contribution >= 4 is 39.1 Å². The van der Waals surface area contributed by atoms with Crippen LogP contribution in [-0.2, 0) is 5.41 Å². The zero-order chi connectivity index (χ0) is 37.5. The molecule has 0 N–H and O–H groups in total. The Bertz CT molecular complexity index is 3090. The minimum absolute atomic E-state index is 0.591. The van der Waals surface area contributed by atoms with Gasteiger partial charge in [0.25, 0.3) is 0 Å². The molecule has 0 fully saturated rings. The van der Waals surface area contributed by atoms with E-state index >= 15 is 0 Å². The third-order valence-electron chi connectivity index (χ3n) is 12.1. The summed E-state index contributed by atoms with van der Waals surface area (Å²) in [5.74, 6) is 0.877. The zero-order valence-electron chi connectivity index (χ0n) is 30.9. The van der Waals surface area contributed by atoms with E-state index < -0.39 is 5.41 Å². The summed E-state index contributed by atoms with van der Waals surface area (Å²) in [6.07, 6.45) is 0. The maximum atomic E-state index is 6.60. The molecule has 2 aliphatic rings. The Morgan fingerprint density at radius 2 is 0.982 bits per heavy atom. The van der Waals surface area contributed by atoms with E-state index in [0.717, 1.165) is 72.6 Å². The molecule has 0 amide bonds. The molecule has 1 aliphatic heterocycles. The van der Waals surface area contributed by atoms with Crippen LogP contribution in [0.15, 0.2) is 211 Å². The fourth-order valence-corrected chi connectivity index (χ4v) is 9.68. The number of rotatable bonds is 4. The topological polar surface area (TPSA) is 29.3 Å². The smallest absolute Gasteiger partial charge is 0.143 e. The van der Waals surface area contributed by atoms with Gasteiger partial charge in [0.2, 0.25) is 0 Å². The highest BCUT2D eigenvalue weighted by Gasteiger charge is 2.52. The van der Waals surface area contributed by atoms with Gasteiger partial charge < -0.3 is 4.42 Å². The van der Waals surface area contributed by atoms with Gasteiger partial charge >= 0.3 is 0 Å². The van der Waals surface area contributed by atoms with Crippen LogP contribution >= 0.6 is 0 Å². The van der Waals surface area contributed by atoms with Crippen molar-refractivity contribution in [3.8, 4) is 44.6 Å². The van der Waals surface area contributed by atoms with Gasteiger partial charge in [-0.2, -0.15) is 0 Å². The summed E-state index contributed by atoms with van der Waals surface area (Å²) in [6.45, 7) is 0. The van der Waals surface area contributed by atoms with Crippen LogP contribution in [0.2, 0.25) is 0 Å². The molecular formula is C54H34N2O. The monoisotopic (exact) mass is 726 g/mol. The Morgan fingerprint density at radius 3 is 1.75 bits per heavy atom. The molecule has 1 spiro atoms.